The van der Waals surface area contributed by atoms with E-state index in [1.165, 1.54) is 11.3 Å². The van der Waals surface area contributed by atoms with Crippen molar-refractivity contribution in [3.8, 4) is 0 Å². The number of thiazole rings is 1. The lowest BCUT2D eigenvalue weighted by Gasteiger charge is -2.00. The van der Waals surface area contributed by atoms with E-state index in [1.807, 2.05) is 40.2 Å². The van der Waals surface area contributed by atoms with Crippen LogP contribution in [0.1, 0.15) is 16.1 Å². The zero-order valence-corrected chi connectivity index (χ0v) is 12.1. The highest BCUT2D eigenvalue weighted by Crippen LogP contribution is 2.27. The molecule has 3 rings (SSSR count). The molecule has 0 aliphatic heterocycles. The van der Waals surface area contributed by atoms with Crippen molar-refractivity contribution in [1.82, 2.24) is 9.38 Å². The molecular weight excluding hydrogens is 300 g/mol. The summed E-state index contributed by atoms with van der Waals surface area (Å²) in [5.41, 5.74) is 1.78. The number of benzene rings is 1. The number of aromatic nitrogens is 2. The van der Waals surface area contributed by atoms with E-state index in [9.17, 15) is 4.79 Å². The van der Waals surface area contributed by atoms with Gasteiger partial charge in [0.05, 0.1) is 0 Å². The van der Waals surface area contributed by atoms with Crippen molar-refractivity contribution in [2.45, 2.75) is 10.8 Å². The van der Waals surface area contributed by atoms with Crippen LogP contribution in [0, 0.1) is 0 Å². The lowest BCUT2D eigenvalue weighted by Crippen LogP contribution is -1.89. The van der Waals surface area contributed by atoms with Crippen LogP contribution < -0.4 is 0 Å². The van der Waals surface area contributed by atoms with Crippen LogP contribution in [0.15, 0.2) is 40.9 Å². The third-order valence-electron chi connectivity index (χ3n) is 2.67. The molecule has 0 saturated heterocycles. The Balaban J connectivity index is 1.83. The molecule has 0 unspecified atom stereocenters. The second-order valence-corrected chi connectivity index (χ2v) is 6.16. The standard InChI is InChI=1S/C13H9ClN2OS2/c14-10-3-1-9(2-4-10)8-19-12-11(7-17)16-5-6-18-13(16)15-12/h1-7H,8H2. The first-order valence-corrected chi connectivity index (χ1v) is 7.80. The van der Waals surface area contributed by atoms with Gasteiger partial charge in [0.15, 0.2) is 11.2 Å². The molecule has 0 aliphatic rings. The van der Waals surface area contributed by atoms with E-state index < -0.39 is 0 Å². The molecule has 6 heteroatoms. The molecule has 96 valence electrons. The fourth-order valence-electron chi connectivity index (χ4n) is 1.73. The Labute approximate surface area is 123 Å². The van der Waals surface area contributed by atoms with E-state index in [1.54, 1.807) is 11.8 Å². The normalized spacial score (nSPS) is 11.0. The van der Waals surface area contributed by atoms with Gasteiger partial charge in [-0.1, -0.05) is 35.5 Å². The smallest absolute Gasteiger partial charge is 0.195 e. The molecule has 2 heterocycles. The number of carbonyl (C=O) groups excluding carboxylic acids is 1. The molecule has 19 heavy (non-hydrogen) atoms. The van der Waals surface area contributed by atoms with Crippen LogP contribution in [-0.4, -0.2) is 15.7 Å². The van der Waals surface area contributed by atoms with Crippen molar-refractivity contribution < 1.29 is 4.79 Å². The summed E-state index contributed by atoms with van der Waals surface area (Å²) < 4.78 is 1.82. The zero-order valence-electron chi connectivity index (χ0n) is 9.75. The van der Waals surface area contributed by atoms with Crippen molar-refractivity contribution >= 4 is 45.9 Å². The molecular formula is C13H9ClN2OS2. The quantitative estimate of drug-likeness (QED) is 0.536. The number of fused-ring (bicyclic) bond motifs is 1. The number of hydrogen-bond acceptors (Lipinski definition) is 4. The van der Waals surface area contributed by atoms with Crippen LogP contribution in [0.2, 0.25) is 5.02 Å². The summed E-state index contributed by atoms with van der Waals surface area (Å²) in [4.78, 5) is 16.5. The fourth-order valence-corrected chi connectivity index (χ4v) is 3.58. The van der Waals surface area contributed by atoms with Gasteiger partial charge < -0.3 is 0 Å². The van der Waals surface area contributed by atoms with Crippen molar-refractivity contribution in [2.75, 3.05) is 0 Å². The molecule has 0 N–H and O–H groups in total. The highest BCUT2D eigenvalue weighted by atomic mass is 35.5. The van der Waals surface area contributed by atoms with Gasteiger partial charge in [-0.3, -0.25) is 9.20 Å². The van der Waals surface area contributed by atoms with Crippen molar-refractivity contribution in [1.29, 1.82) is 0 Å². The molecule has 0 spiro atoms. The molecule has 0 bridgehead atoms. The monoisotopic (exact) mass is 308 g/mol. The molecule has 0 amide bonds. The molecule has 3 nitrogen and oxygen atoms in total. The van der Waals surface area contributed by atoms with E-state index in [4.69, 9.17) is 11.6 Å². The first kappa shape index (κ1) is 12.7. The Hall–Kier alpha value is -1.30. The van der Waals surface area contributed by atoms with Gasteiger partial charge in [-0.2, -0.15) is 0 Å². The van der Waals surface area contributed by atoms with Crippen LogP contribution in [0.3, 0.4) is 0 Å². The predicted octanol–water partition coefficient (Wildman–Crippen LogP) is 4.15. The summed E-state index contributed by atoms with van der Waals surface area (Å²) in [6.45, 7) is 0. The number of thioether (sulfide) groups is 1. The van der Waals surface area contributed by atoms with Crippen LogP contribution in [0.25, 0.3) is 4.96 Å². The van der Waals surface area contributed by atoms with Gasteiger partial charge in [-0.15, -0.1) is 11.3 Å². The first-order valence-electron chi connectivity index (χ1n) is 5.56. The highest BCUT2D eigenvalue weighted by molar-refractivity contribution is 7.98. The number of carbonyl (C=O) groups is 1. The molecule has 1 aromatic carbocycles. The number of nitrogens with zero attached hydrogens (tertiary/aromatic N) is 2. The van der Waals surface area contributed by atoms with Crippen molar-refractivity contribution in [3.63, 3.8) is 0 Å². The van der Waals surface area contributed by atoms with Crippen LogP contribution in [0.4, 0.5) is 0 Å². The van der Waals surface area contributed by atoms with E-state index in [0.29, 0.717) is 5.69 Å². The lowest BCUT2D eigenvalue weighted by molar-refractivity contribution is 0.111. The minimum atomic E-state index is 0.621. The largest absolute Gasteiger partial charge is 0.296 e. The Morgan fingerprint density at radius 1 is 1.37 bits per heavy atom. The summed E-state index contributed by atoms with van der Waals surface area (Å²) in [5, 5.41) is 3.42. The van der Waals surface area contributed by atoms with Gasteiger partial charge in [0.25, 0.3) is 0 Å². The molecule has 0 fully saturated rings. The van der Waals surface area contributed by atoms with Gasteiger partial charge in [0, 0.05) is 22.4 Å². The van der Waals surface area contributed by atoms with E-state index >= 15 is 0 Å². The molecule has 2 aromatic heterocycles. The summed E-state index contributed by atoms with van der Waals surface area (Å²) >= 11 is 8.93. The Bertz CT molecular complexity index is 718. The maximum Gasteiger partial charge on any atom is 0.195 e. The number of imidazole rings is 1. The van der Waals surface area contributed by atoms with Gasteiger partial charge in [-0.05, 0) is 17.7 Å². The molecule has 0 radical (unpaired) electrons. The Morgan fingerprint density at radius 2 is 2.16 bits per heavy atom. The van der Waals surface area contributed by atoms with E-state index in [2.05, 4.69) is 4.98 Å². The van der Waals surface area contributed by atoms with Gasteiger partial charge in [-0.25, -0.2) is 4.98 Å². The van der Waals surface area contributed by atoms with Gasteiger partial charge in [0.2, 0.25) is 0 Å². The second kappa shape index (κ2) is 5.36. The van der Waals surface area contributed by atoms with E-state index in [0.717, 1.165) is 32.6 Å². The highest BCUT2D eigenvalue weighted by Gasteiger charge is 2.12. The first-order chi connectivity index (χ1) is 9.28. The van der Waals surface area contributed by atoms with Crippen molar-refractivity contribution in [2.24, 2.45) is 0 Å². The maximum atomic E-state index is 11.2. The third kappa shape index (κ3) is 2.54. The average molecular weight is 309 g/mol. The predicted molar refractivity (Wildman–Crippen MR) is 79.5 cm³/mol. The molecule has 0 saturated carbocycles. The maximum absolute atomic E-state index is 11.2. The van der Waals surface area contributed by atoms with Gasteiger partial charge in [0.1, 0.15) is 10.7 Å². The van der Waals surface area contributed by atoms with E-state index in [-0.39, 0.29) is 0 Å². The van der Waals surface area contributed by atoms with Crippen LogP contribution >= 0.6 is 34.7 Å². The molecule has 0 aliphatic carbocycles. The summed E-state index contributed by atoms with van der Waals surface area (Å²) in [6, 6.07) is 7.69. The molecule has 0 atom stereocenters. The number of halogens is 1. The number of hydrogen-bond donors (Lipinski definition) is 0. The SMILES string of the molecule is O=Cc1c(SCc2ccc(Cl)cc2)nc2sccn12. The third-order valence-corrected chi connectivity index (χ3v) is 4.73. The average Bonchev–Trinajstić information content (AvgIpc) is 2.98. The second-order valence-electron chi connectivity index (χ2n) is 3.89. The van der Waals surface area contributed by atoms with Crippen LogP contribution in [0.5, 0.6) is 0 Å². The minimum absolute atomic E-state index is 0.621. The zero-order chi connectivity index (χ0) is 13.2. The minimum Gasteiger partial charge on any atom is -0.296 e. The summed E-state index contributed by atoms with van der Waals surface area (Å²) in [7, 11) is 0. The molecule has 3 aromatic rings. The Morgan fingerprint density at radius 3 is 2.89 bits per heavy atom. The lowest BCUT2D eigenvalue weighted by atomic mass is 10.2. The topological polar surface area (TPSA) is 34.4 Å². The van der Waals surface area contributed by atoms with Crippen LogP contribution in [-0.2, 0) is 5.75 Å². The Kier molecular flexibility index (Phi) is 3.59. The number of aldehydes is 1. The summed E-state index contributed by atoms with van der Waals surface area (Å²) in [6.07, 6.45) is 2.72. The summed E-state index contributed by atoms with van der Waals surface area (Å²) in [5.74, 6) is 0.767. The van der Waals surface area contributed by atoms with Gasteiger partial charge >= 0.3 is 0 Å². The fraction of sp³-hybridized carbons (Fsp3) is 0.0769. The van der Waals surface area contributed by atoms with Crippen molar-refractivity contribution in [3.05, 3.63) is 52.1 Å². The number of rotatable bonds is 4.